The van der Waals surface area contributed by atoms with Crippen LogP contribution in [0.2, 0.25) is 0 Å². The lowest BCUT2D eigenvalue weighted by Gasteiger charge is -2.22. The van der Waals surface area contributed by atoms with Gasteiger partial charge in [-0.05, 0) is 27.7 Å². The summed E-state index contributed by atoms with van der Waals surface area (Å²) in [5.74, 6) is 2.54. The molecule has 0 aliphatic heterocycles. The summed E-state index contributed by atoms with van der Waals surface area (Å²) in [4.78, 5) is 15.6. The number of ether oxygens (including phenoxy) is 1. The van der Waals surface area contributed by atoms with Gasteiger partial charge in [0.15, 0.2) is 0 Å². The van der Waals surface area contributed by atoms with E-state index in [4.69, 9.17) is 11.2 Å². The summed E-state index contributed by atoms with van der Waals surface area (Å²) in [6.07, 6.45) is 8.13. The molecule has 0 aliphatic carbocycles. The molecule has 5 heteroatoms. The number of aromatic nitrogens is 2. The van der Waals surface area contributed by atoms with Crippen molar-refractivity contribution in [2.45, 2.75) is 45.9 Å². The fraction of sp³-hybridized carbons (Fsp3) is 0.538. The van der Waals surface area contributed by atoms with Crippen molar-refractivity contribution >= 4 is 6.09 Å². The number of carbonyl (C=O) groups excluding carboxylic acids is 1. The number of rotatable bonds is 3. The molecule has 1 atom stereocenters. The van der Waals surface area contributed by atoms with Crippen molar-refractivity contribution in [3.05, 3.63) is 18.2 Å². The van der Waals surface area contributed by atoms with Crippen molar-refractivity contribution in [2.24, 2.45) is 0 Å². The van der Waals surface area contributed by atoms with Gasteiger partial charge in [-0.15, -0.1) is 6.42 Å². The Labute approximate surface area is 108 Å². The summed E-state index contributed by atoms with van der Waals surface area (Å²) in [6.45, 7) is 7.74. The van der Waals surface area contributed by atoms with Crippen LogP contribution in [-0.2, 0) is 11.3 Å². The van der Waals surface area contributed by atoms with Crippen molar-refractivity contribution < 1.29 is 9.53 Å². The number of nitrogens with zero attached hydrogens (tertiary/aromatic N) is 2. The van der Waals surface area contributed by atoms with Gasteiger partial charge in [0.2, 0.25) is 0 Å². The van der Waals surface area contributed by atoms with Gasteiger partial charge in [0.05, 0.1) is 30.8 Å². The molecule has 1 rings (SSSR count). The smallest absolute Gasteiger partial charge is 0.408 e. The van der Waals surface area contributed by atoms with Gasteiger partial charge in [-0.1, -0.05) is 5.92 Å². The third-order valence-electron chi connectivity index (χ3n) is 2.18. The number of imidazole rings is 1. The number of nitrogens with one attached hydrogen (secondary N) is 1. The molecule has 1 heterocycles. The predicted molar refractivity (Wildman–Crippen MR) is 68.8 cm³/mol. The Morgan fingerprint density at radius 3 is 2.89 bits per heavy atom. The van der Waals surface area contributed by atoms with Crippen LogP contribution >= 0.6 is 0 Å². The predicted octanol–water partition coefficient (Wildman–Crippen LogP) is 2.10. The first-order valence-corrected chi connectivity index (χ1v) is 5.76. The molecular weight excluding hydrogens is 230 g/mol. The Kier molecular flexibility index (Phi) is 4.38. The highest BCUT2D eigenvalue weighted by Crippen LogP contribution is 2.13. The number of hydrogen-bond acceptors (Lipinski definition) is 3. The van der Waals surface area contributed by atoms with E-state index in [1.807, 2.05) is 32.3 Å². The van der Waals surface area contributed by atoms with E-state index in [0.717, 1.165) is 5.69 Å². The molecule has 1 aromatic rings. The monoisotopic (exact) mass is 249 g/mol. The van der Waals surface area contributed by atoms with Gasteiger partial charge in [0.25, 0.3) is 0 Å². The lowest BCUT2D eigenvalue weighted by Crippen LogP contribution is -2.34. The van der Waals surface area contributed by atoms with E-state index in [2.05, 4.69) is 16.2 Å². The van der Waals surface area contributed by atoms with E-state index in [1.54, 1.807) is 12.5 Å². The molecule has 0 saturated carbocycles. The summed E-state index contributed by atoms with van der Waals surface area (Å²) >= 11 is 0. The second-order valence-electron chi connectivity index (χ2n) is 5.02. The topological polar surface area (TPSA) is 56.2 Å². The second kappa shape index (κ2) is 5.58. The normalized spacial score (nSPS) is 12.6. The van der Waals surface area contributed by atoms with Gasteiger partial charge in [-0.25, -0.2) is 9.78 Å². The maximum atomic E-state index is 11.6. The summed E-state index contributed by atoms with van der Waals surface area (Å²) < 4.78 is 6.99. The van der Waals surface area contributed by atoms with E-state index >= 15 is 0 Å². The molecule has 0 bridgehead atoms. The molecule has 98 valence electrons. The molecule has 1 N–H and O–H groups in total. The van der Waals surface area contributed by atoms with Crippen LogP contribution in [0.4, 0.5) is 4.79 Å². The Morgan fingerprint density at radius 2 is 2.33 bits per heavy atom. The van der Waals surface area contributed by atoms with Gasteiger partial charge in [0.1, 0.15) is 5.60 Å². The minimum Gasteiger partial charge on any atom is -0.444 e. The highest BCUT2D eigenvalue weighted by molar-refractivity contribution is 5.68. The van der Waals surface area contributed by atoms with E-state index in [1.165, 1.54) is 0 Å². The van der Waals surface area contributed by atoms with Crippen molar-refractivity contribution in [3.63, 3.8) is 0 Å². The third-order valence-corrected chi connectivity index (χ3v) is 2.18. The van der Waals surface area contributed by atoms with Crippen molar-refractivity contribution in [1.82, 2.24) is 14.9 Å². The first-order chi connectivity index (χ1) is 8.33. The number of hydrogen-bond donors (Lipinski definition) is 1. The molecule has 1 amide bonds. The molecule has 18 heavy (non-hydrogen) atoms. The van der Waals surface area contributed by atoms with Gasteiger partial charge >= 0.3 is 6.09 Å². The van der Waals surface area contributed by atoms with Crippen LogP contribution < -0.4 is 5.32 Å². The fourth-order valence-corrected chi connectivity index (χ4v) is 1.48. The zero-order chi connectivity index (χ0) is 13.8. The van der Waals surface area contributed by atoms with Crippen molar-refractivity contribution in [1.29, 1.82) is 0 Å². The van der Waals surface area contributed by atoms with E-state index < -0.39 is 11.7 Å². The fourth-order valence-electron chi connectivity index (χ4n) is 1.48. The molecule has 0 saturated heterocycles. The maximum absolute atomic E-state index is 11.6. The van der Waals surface area contributed by atoms with Crippen LogP contribution in [0.5, 0.6) is 0 Å². The molecule has 0 unspecified atom stereocenters. The van der Waals surface area contributed by atoms with Crippen molar-refractivity contribution in [2.75, 3.05) is 0 Å². The molecule has 0 radical (unpaired) electrons. The largest absolute Gasteiger partial charge is 0.444 e. The molecule has 0 aliphatic rings. The molecule has 1 aromatic heterocycles. The van der Waals surface area contributed by atoms with E-state index in [9.17, 15) is 4.79 Å². The van der Waals surface area contributed by atoms with Crippen LogP contribution in [0.1, 0.15) is 39.4 Å². The lowest BCUT2D eigenvalue weighted by atomic mass is 10.2. The van der Waals surface area contributed by atoms with Crippen LogP contribution in [0.25, 0.3) is 0 Å². The zero-order valence-electron chi connectivity index (χ0n) is 11.2. The lowest BCUT2D eigenvalue weighted by molar-refractivity contribution is 0.0506. The Balaban J connectivity index is 2.65. The average molecular weight is 249 g/mol. The first kappa shape index (κ1) is 14.1. The van der Waals surface area contributed by atoms with Crippen LogP contribution in [0.3, 0.4) is 0 Å². The minimum absolute atomic E-state index is 0.212. The van der Waals surface area contributed by atoms with E-state index in [0.29, 0.717) is 6.54 Å². The van der Waals surface area contributed by atoms with Gasteiger partial charge in [0, 0.05) is 0 Å². The standard InChI is InChI=1S/C13H19N3O2/c1-6-7-16-9-14-8-11(16)10(2)15-12(17)18-13(3,4)5/h1,8-10H,7H2,2-5H3,(H,15,17)/t10-/m0/s1. The summed E-state index contributed by atoms with van der Waals surface area (Å²) in [7, 11) is 0. The van der Waals surface area contributed by atoms with E-state index in [-0.39, 0.29) is 6.04 Å². The van der Waals surface area contributed by atoms with Crippen molar-refractivity contribution in [3.8, 4) is 12.3 Å². The minimum atomic E-state index is -0.511. The quantitative estimate of drug-likeness (QED) is 0.835. The molecule has 0 spiro atoms. The average Bonchev–Trinajstić information content (AvgIpc) is 2.63. The third kappa shape index (κ3) is 4.13. The van der Waals surface area contributed by atoms with Gasteiger partial charge in [-0.2, -0.15) is 0 Å². The van der Waals surface area contributed by atoms with Crippen LogP contribution in [0.15, 0.2) is 12.5 Å². The first-order valence-electron chi connectivity index (χ1n) is 5.76. The van der Waals surface area contributed by atoms with Crippen LogP contribution in [-0.4, -0.2) is 21.2 Å². The summed E-state index contributed by atoms with van der Waals surface area (Å²) in [5.41, 5.74) is 0.335. The number of amides is 1. The highest BCUT2D eigenvalue weighted by atomic mass is 16.6. The molecule has 0 aromatic carbocycles. The highest BCUT2D eigenvalue weighted by Gasteiger charge is 2.19. The molecule has 0 fully saturated rings. The molecular formula is C13H19N3O2. The maximum Gasteiger partial charge on any atom is 0.408 e. The Morgan fingerprint density at radius 1 is 1.67 bits per heavy atom. The van der Waals surface area contributed by atoms with Crippen LogP contribution in [0, 0.1) is 12.3 Å². The zero-order valence-corrected chi connectivity index (χ0v) is 11.2. The van der Waals surface area contributed by atoms with Gasteiger partial charge in [-0.3, -0.25) is 0 Å². The number of terminal acetylenes is 1. The number of carbonyl (C=O) groups is 1. The number of alkyl carbamates (subject to hydrolysis) is 1. The molecule has 5 nitrogen and oxygen atoms in total. The SMILES string of the molecule is C#CCn1cncc1[C@H](C)NC(=O)OC(C)(C)C. The summed E-state index contributed by atoms with van der Waals surface area (Å²) in [6, 6.07) is -0.212. The van der Waals surface area contributed by atoms with Gasteiger partial charge < -0.3 is 14.6 Å². The Hall–Kier alpha value is -1.96. The summed E-state index contributed by atoms with van der Waals surface area (Å²) in [5, 5.41) is 2.75. The second-order valence-corrected chi connectivity index (χ2v) is 5.02. The Bertz CT molecular complexity index is 452.